The average Bonchev–Trinajstić information content (AvgIpc) is 2.45. The molecule has 0 saturated heterocycles. The van der Waals surface area contributed by atoms with Gasteiger partial charge in [-0.05, 0) is 18.6 Å². The Bertz CT molecular complexity index is 732. The highest BCUT2D eigenvalue weighted by atomic mass is 16.3. The van der Waals surface area contributed by atoms with Crippen LogP contribution in [0, 0.1) is 0 Å². The summed E-state index contributed by atoms with van der Waals surface area (Å²) in [5.41, 5.74) is -0.833. The number of hydrogen-bond acceptors (Lipinski definition) is 4. The lowest BCUT2D eigenvalue weighted by Gasteiger charge is -2.07. The van der Waals surface area contributed by atoms with Crippen molar-refractivity contribution in [3.8, 4) is 0 Å². The molecule has 1 aromatic carbocycles. The molecular weight excluding hydrogens is 262 g/mol. The van der Waals surface area contributed by atoms with Gasteiger partial charge in [-0.2, -0.15) is 0 Å². The second-order valence-electron chi connectivity index (χ2n) is 4.30. The standard InChI is InChI=1S/C13H15N3O4/c17-7-3-6-14-11(18)8-16-13(20)10-5-2-1-4-9(10)12(19)15-16/h1-2,4-5,17H,3,6-8H2,(H,14,18)(H,15,19). The maximum atomic E-state index is 12.1. The third-order valence-corrected chi connectivity index (χ3v) is 2.84. The van der Waals surface area contributed by atoms with E-state index >= 15 is 0 Å². The first-order valence-electron chi connectivity index (χ1n) is 6.23. The van der Waals surface area contributed by atoms with E-state index in [-0.39, 0.29) is 18.5 Å². The molecule has 0 fully saturated rings. The molecule has 0 saturated carbocycles. The van der Waals surface area contributed by atoms with Gasteiger partial charge in [-0.1, -0.05) is 12.1 Å². The van der Waals surface area contributed by atoms with Crippen molar-refractivity contribution < 1.29 is 9.90 Å². The number of H-pyrrole nitrogens is 1. The van der Waals surface area contributed by atoms with Crippen LogP contribution < -0.4 is 16.4 Å². The van der Waals surface area contributed by atoms with Gasteiger partial charge in [-0.3, -0.25) is 19.5 Å². The maximum Gasteiger partial charge on any atom is 0.273 e. The third-order valence-electron chi connectivity index (χ3n) is 2.84. The molecule has 7 nitrogen and oxygen atoms in total. The lowest BCUT2D eigenvalue weighted by atomic mass is 10.2. The molecule has 0 aliphatic carbocycles. The van der Waals surface area contributed by atoms with Gasteiger partial charge in [0, 0.05) is 13.2 Å². The van der Waals surface area contributed by atoms with Crippen LogP contribution in [0.5, 0.6) is 0 Å². The van der Waals surface area contributed by atoms with Gasteiger partial charge in [0.15, 0.2) is 0 Å². The van der Waals surface area contributed by atoms with Gasteiger partial charge in [-0.15, -0.1) is 0 Å². The number of rotatable bonds is 5. The van der Waals surface area contributed by atoms with E-state index < -0.39 is 17.0 Å². The predicted octanol–water partition coefficient (Wildman–Crippen LogP) is -0.812. The highest BCUT2D eigenvalue weighted by molar-refractivity contribution is 5.81. The number of hydrogen-bond donors (Lipinski definition) is 3. The van der Waals surface area contributed by atoms with E-state index in [0.29, 0.717) is 18.4 Å². The van der Waals surface area contributed by atoms with E-state index in [1.807, 2.05) is 0 Å². The Morgan fingerprint density at radius 2 is 1.95 bits per heavy atom. The quantitative estimate of drug-likeness (QED) is 0.622. The van der Waals surface area contributed by atoms with Gasteiger partial charge in [0.05, 0.1) is 10.8 Å². The Morgan fingerprint density at radius 3 is 2.65 bits per heavy atom. The number of benzene rings is 1. The molecular formula is C13H15N3O4. The number of aromatic amines is 1. The van der Waals surface area contributed by atoms with Crippen molar-refractivity contribution in [3.05, 3.63) is 45.0 Å². The van der Waals surface area contributed by atoms with Crippen molar-refractivity contribution in [1.82, 2.24) is 15.1 Å². The molecule has 0 atom stereocenters. The maximum absolute atomic E-state index is 12.1. The Hall–Kier alpha value is -2.41. The first-order valence-corrected chi connectivity index (χ1v) is 6.23. The van der Waals surface area contributed by atoms with Gasteiger partial charge in [0.2, 0.25) is 5.91 Å². The van der Waals surface area contributed by atoms with Crippen LogP contribution in [0.1, 0.15) is 6.42 Å². The summed E-state index contributed by atoms with van der Waals surface area (Å²) in [5, 5.41) is 14.1. The zero-order chi connectivity index (χ0) is 14.5. The molecule has 2 aromatic rings. The Labute approximate surface area is 113 Å². The average molecular weight is 277 g/mol. The van der Waals surface area contributed by atoms with Crippen molar-refractivity contribution in [3.63, 3.8) is 0 Å². The van der Waals surface area contributed by atoms with Crippen molar-refractivity contribution in [2.24, 2.45) is 0 Å². The third kappa shape index (κ3) is 2.94. The van der Waals surface area contributed by atoms with Crippen molar-refractivity contribution >= 4 is 16.7 Å². The summed E-state index contributed by atoms with van der Waals surface area (Å²) in [5.74, 6) is -0.397. The topological polar surface area (TPSA) is 104 Å². The molecule has 0 spiro atoms. The molecule has 0 aliphatic heterocycles. The number of amides is 1. The highest BCUT2D eigenvalue weighted by Crippen LogP contribution is 2.02. The molecule has 7 heteroatoms. The number of carbonyl (C=O) groups excluding carboxylic acids is 1. The lowest BCUT2D eigenvalue weighted by molar-refractivity contribution is -0.121. The van der Waals surface area contributed by atoms with Crippen molar-refractivity contribution in [2.75, 3.05) is 13.2 Å². The summed E-state index contributed by atoms with van der Waals surface area (Å²) in [4.78, 5) is 35.5. The predicted molar refractivity (Wildman–Crippen MR) is 73.5 cm³/mol. The van der Waals surface area contributed by atoms with Gasteiger partial charge in [0.1, 0.15) is 6.54 Å². The van der Waals surface area contributed by atoms with Crippen molar-refractivity contribution in [2.45, 2.75) is 13.0 Å². The van der Waals surface area contributed by atoms with Crippen LogP contribution in [-0.4, -0.2) is 33.9 Å². The minimum Gasteiger partial charge on any atom is -0.396 e. The van der Waals surface area contributed by atoms with Gasteiger partial charge >= 0.3 is 0 Å². The van der Waals surface area contributed by atoms with Crippen molar-refractivity contribution in [1.29, 1.82) is 0 Å². The molecule has 0 bridgehead atoms. The minimum absolute atomic E-state index is 0.0208. The number of carbonyl (C=O) groups is 1. The highest BCUT2D eigenvalue weighted by Gasteiger charge is 2.09. The fraction of sp³-hybridized carbons (Fsp3) is 0.308. The largest absolute Gasteiger partial charge is 0.396 e. The van der Waals surface area contributed by atoms with E-state index in [0.717, 1.165) is 4.68 Å². The second kappa shape index (κ2) is 6.16. The Kier molecular flexibility index (Phi) is 4.31. The number of nitrogens with one attached hydrogen (secondary N) is 2. The minimum atomic E-state index is -0.419. The SMILES string of the molecule is O=C(Cn1[nH]c(=O)c2ccccc2c1=O)NCCCO. The summed E-state index contributed by atoms with van der Waals surface area (Å²) >= 11 is 0. The molecule has 0 radical (unpaired) electrons. The molecule has 1 amide bonds. The zero-order valence-corrected chi connectivity index (χ0v) is 10.8. The summed E-state index contributed by atoms with van der Waals surface area (Å²) in [6, 6.07) is 6.44. The molecule has 1 heterocycles. The van der Waals surface area contributed by atoms with Gasteiger partial charge < -0.3 is 10.4 Å². The summed E-state index contributed by atoms with van der Waals surface area (Å²) < 4.78 is 0.985. The van der Waals surface area contributed by atoms with Crippen LogP contribution in [0.4, 0.5) is 0 Å². The molecule has 106 valence electrons. The monoisotopic (exact) mass is 277 g/mol. The Balaban J connectivity index is 2.27. The lowest BCUT2D eigenvalue weighted by Crippen LogP contribution is -2.37. The molecule has 2 rings (SSSR count). The van der Waals surface area contributed by atoms with E-state index in [9.17, 15) is 14.4 Å². The molecule has 0 aliphatic rings. The fourth-order valence-corrected chi connectivity index (χ4v) is 1.86. The van der Waals surface area contributed by atoms with E-state index in [1.54, 1.807) is 24.3 Å². The van der Waals surface area contributed by atoms with Crippen LogP contribution >= 0.6 is 0 Å². The normalized spacial score (nSPS) is 10.7. The van der Waals surface area contributed by atoms with Crippen LogP contribution in [0.15, 0.2) is 33.9 Å². The number of aliphatic hydroxyl groups is 1. The number of fused-ring (bicyclic) bond motifs is 1. The number of aliphatic hydroxyl groups excluding tert-OH is 1. The van der Waals surface area contributed by atoms with Gasteiger partial charge in [0.25, 0.3) is 11.1 Å². The Morgan fingerprint density at radius 1 is 1.25 bits per heavy atom. The molecule has 3 N–H and O–H groups in total. The molecule has 20 heavy (non-hydrogen) atoms. The van der Waals surface area contributed by atoms with E-state index in [4.69, 9.17) is 5.11 Å². The molecule has 1 aromatic heterocycles. The van der Waals surface area contributed by atoms with E-state index in [2.05, 4.69) is 10.4 Å². The number of nitrogens with zero attached hydrogens (tertiary/aromatic N) is 1. The first-order chi connectivity index (χ1) is 9.63. The summed E-state index contributed by atoms with van der Waals surface area (Å²) in [6.45, 7) is 0.0409. The first kappa shape index (κ1) is 14.0. The van der Waals surface area contributed by atoms with Gasteiger partial charge in [-0.25, -0.2) is 4.68 Å². The smallest absolute Gasteiger partial charge is 0.273 e. The van der Waals surface area contributed by atoms with Crippen LogP contribution in [0.3, 0.4) is 0 Å². The summed E-state index contributed by atoms with van der Waals surface area (Å²) in [7, 11) is 0. The second-order valence-corrected chi connectivity index (χ2v) is 4.30. The number of aromatic nitrogens is 2. The van der Waals surface area contributed by atoms with E-state index in [1.165, 1.54) is 0 Å². The van der Waals surface area contributed by atoms with Crippen LogP contribution in [0.25, 0.3) is 10.8 Å². The summed E-state index contributed by atoms with van der Waals surface area (Å²) in [6.07, 6.45) is 0.439. The fourth-order valence-electron chi connectivity index (χ4n) is 1.86. The van der Waals surface area contributed by atoms with Crippen LogP contribution in [-0.2, 0) is 11.3 Å². The zero-order valence-electron chi connectivity index (χ0n) is 10.8. The van der Waals surface area contributed by atoms with Crippen LogP contribution in [0.2, 0.25) is 0 Å². The molecule has 0 unspecified atom stereocenters.